The van der Waals surface area contributed by atoms with Crippen LogP contribution >= 0.6 is 39.1 Å². The summed E-state index contributed by atoms with van der Waals surface area (Å²) in [4.78, 5) is 42.8. The molecular weight excluding hydrogens is 599 g/mol. The van der Waals surface area contributed by atoms with Crippen molar-refractivity contribution in [2.75, 3.05) is 0 Å². The van der Waals surface area contributed by atoms with Crippen LogP contribution in [0.1, 0.15) is 44.7 Å². The summed E-state index contributed by atoms with van der Waals surface area (Å²) in [6, 6.07) is 4.46. The second-order valence-corrected chi connectivity index (χ2v) is 9.52. The highest BCUT2D eigenvalue weighted by Crippen LogP contribution is 2.44. The Morgan fingerprint density at radius 2 is 1.86 bits per heavy atom. The predicted octanol–water partition coefficient (Wildman–Crippen LogP) is 5.52. The standard InChI is InChI=1S/C22H15BrCl2F4N2O5/c1-10-4-11(2-3-13(10)20(34)31(9-32)18-7-17(23)30-36-18)16(33)8-21(35,22(27,28)29)12-5-14(24)19(26)15(25)6-12/h2-6,9,18,35H,7-8H2,1H3. The summed E-state index contributed by atoms with van der Waals surface area (Å²) in [6.07, 6.45) is -7.48. The highest BCUT2D eigenvalue weighted by atomic mass is 79.9. The maximum atomic E-state index is 13.9. The van der Waals surface area contributed by atoms with Crippen molar-refractivity contribution >= 4 is 61.9 Å². The maximum absolute atomic E-state index is 13.9. The van der Waals surface area contributed by atoms with E-state index in [1.165, 1.54) is 6.92 Å². The number of rotatable bonds is 7. The first-order valence-electron chi connectivity index (χ1n) is 9.93. The lowest BCUT2D eigenvalue weighted by molar-refractivity contribution is -0.264. The highest BCUT2D eigenvalue weighted by Gasteiger charge is 2.56. The number of alkyl halides is 3. The number of benzene rings is 2. The summed E-state index contributed by atoms with van der Waals surface area (Å²) in [5, 5.41) is 12.6. The predicted molar refractivity (Wildman–Crippen MR) is 125 cm³/mol. The van der Waals surface area contributed by atoms with Crippen LogP contribution in [0.25, 0.3) is 0 Å². The average Bonchev–Trinajstić information content (AvgIpc) is 3.22. The van der Waals surface area contributed by atoms with E-state index in [2.05, 4.69) is 21.1 Å². The molecule has 0 saturated carbocycles. The largest absolute Gasteiger partial charge is 0.421 e. The lowest BCUT2D eigenvalue weighted by atomic mass is 9.85. The number of nitrogens with zero attached hydrogens (tertiary/aromatic N) is 2. The Labute approximate surface area is 219 Å². The second kappa shape index (κ2) is 10.4. The molecule has 36 heavy (non-hydrogen) atoms. The quantitative estimate of drug-likeness (QED) is 0.192. The minimum absolute atomic E-state index is 0.0200. The highest BCUT2D eigenvalue weighted by molar-refractivity contribution is 9.18. The molecule has 2 aromatic carbocycles. The van der Waals surface area contributed by atoms with Gasteiger partial charge in [0.25, 0.3) is 5.91 Å². The molecule has 2 aromatic rings. The molecule has 1 heterocycles. The van der Waals surface area contributed by atoms with E-state index in [9.17, 15) is 37.1 Å². The van der Waals surface area contributed by atoms with Crippen molar-refractivity contribution in [1.29, 1.82) is 0 Å². The third kappa shape index (κ3) is 5.41. The third-order valence-corrected chi connectivity index (χ3v) is 6.42. The van der Waals surface area contributed by atoms with Gasteiger partial charge in [-0.2, -0.15) is 13.2 Å². The Bertz CT molecular complexity index is 1250. The molecule has 1 aliphatic rings. The van der Waals surface area contributed by atoms with Gasteiger partial charge in [0.1, 0.15) is 4.62 Å². The van der Waals surface area contributed by atoms with Crippen LogP contribution in [0.15, 0.2) is 35.5 Å². The Morgan fingerprint density at radius 3 is 2.33 bits per heavy atom. The van der Waals surface area contributed by atoms with E-state index < -0.39 is 57.5 Å². The van der Waals surface area contributed by atoms with E-state index in [0.717, 1.165) is 23.1 Å². The first-order valence-corrected chi connectivity index (χ1v) is 11.5. The van der Waals surface area contributed by atoms with Crippen LogP contribution in [-0.4, -0.2) is 45.1 Å². The summed E-state index contributed by atoms with van der Waals surface area (Å²) in [5.74, 6) is -3.11. The average molecular weight is 614 g/mol. The minimum Gasteiger partial charge on any atom is -0.376 e. The molecule has 2 unspecified atom stereocenters. The molecule has 0 radical (unpaired) electrons. The Balaban J connectivity index is 1.90. The number of carbonyl (C=O) groups is 3. The lowest BCUT2D eigenvalue weighted by Gasteiger charge is -2.31. The number of ketones is 1. The van der Waals surface area contributed by atoms with Crippen molar-refractivity contribution in [2.24, 2.45) is 5.16 Å². The van der Waals surface area contributed by atoms with Gasteiger partial charge >= 0.3 is 6.18 Å². The molecule has 7 nitrogen and oxygen atoms in total. The summed E-state index contributed by atoms with van der Waals surface area (Å²) in [7, 11) is 0. The minimum atomic E-state index is -5.36. The van der Waals surface area contributed by atoms with Gasteiger partial charge in [-0.3, -0.25) is 14.4 Å². The number of halogens is 7. The van der Waals surface area contributed by atoms with Gasteiger partial charge in [-0.05, 0) is 58.2 Å². The van der Waals surface area contributed by atoms with E-state index in [0.29, 0.717) is 16.8 Å². The fraction of sp³-hybridized carbons (Fsp3) is 0.273. The number of hydrogen-bond acceptors (Lipinski definition) is 6. The van der Waals surface area contributed by atoms with Gasteiger partial charge in [-0.1, -0.05) is 34.4 Å². The van der Waals surface area contributed by atoms with E-state index in [-0.39, 0.29) is 29.5 Å². The Hall–Kier alpha value is -2.54. The van der Waals surface area contributed by atoms with Gasteiger partial charge in [0, 0.05) is 11.1 Å². The van der Waals surface area contributed by atoms with Gasteiger partial charge in [0.2, 0.25) is 12.6 Å². The molecule has 1 N–H and O–H groups in total. The van der Waals surface area contributed by atoms with Gasteiger partial charge in [-0.15, -0.1) is 0 Å². The Morgan fingerprint density at radius 1 is 1.25 bits per heavy atom. The molecule has 0 spiro atoms. The van der Waals surface area contributed by atoms with Gasteiger partial charge in [0.15, 0.2) is 17.2 Å². The van der Waals surface area contributed by atoms with Crippen LogP contribution in [0.3, 0.4) is 0 Å². The molecule has 2 atom stereocenters. The summed E-state index contributed by atoms with van der Waals surface area (Å²) in [6.45, 7) is 1.41. The molecule has 2 amide bonds. The number of imide groups is 1. The first kappa shape index (κ1) is 28.0. The number of oxime groups is 1. The number of hydrogen-bond donors (Lipinski definition) is 1. The summed E-state index contributed by atoms with van der Waals surface area (Å²) < 4.78 is 55.8. The zero-order valence-electron chi connectivity index (χ0n) is 18.1. The summed E-state index contributed by atoms with van der Waals surface area (Å²) >= 11 is 14.3. The zero-order chi connectivity index (χ0) is 27.0. The molecule has 1 aliphatic heterocycles. The van der Waals surface area contributed by atoms with E-state index in [1.807, 2.05) is 0 Å². The summed E-state index contributed by atoms with van der Waals surface area (Å²) in [5.41, 5.74) is -4.77. The van der Waals surface area contributed by atoms with Crippen LogP contribution in [0.2, 0.25) is 10.0 Å². The number of amides is 2. The molecule has 0 aromatic heterocycles. The fourth-order valence-electron chi connectivity index (χ4n) is 3.44. The fourth-order valence-corrected chi connectivity index (χ4v) is 4.29. The number of Topliss-reactive ketones (excluding diaryl/α,β-unsaturated/α-hetero) is 1. The van der Waals surface area contributed by atoms with Crippen molar-refractivity contribution in [3.63, 3.8) is 0 Å². The van der Waals surface area contributed by atoms with E-state index >= 15 is 0 Å². The van der Waals surface area contributed by atoms with Gasteiger partial charge in [0.05, 0.1) is 22.9 Å². The van der Waals surface area contributed by atoms with Crippen LogP contribution in [0, 0.1) is 12.7 Å². The van der Waals surface area contributed by atoms with Crippen molar-refractivity contribution in [2.45, 2.75) is 37.8 Å². The molecule has 192 valence electrons. The molecule has 0 aliphatic carbocycles. The molecule has 14 heteroatoms. The molecular formula is C22H15BrCl2F4N2O5. The van der Waals surface area contributed by atoms with Crippen LogP contribution in [-0.2, 0) is 15.2 Å². The van der Waals surface area contributed by atoms with E-state index in [1.54, 1.807) is 0 Å². The number of carbonyl (C=O) groups excluding carboxylic acids is 3. The van der Waals surface area contributed by atoms with Gasteiger partial charge < -0.3 is 9.94 Å². The van der Waals surface area contributed by atoms with Gasteiger partial charge in [-0.25, -0.2) is 9.29 Å². The van der Waals surface area contributed by atoms with Crippen molar-refractivity contribution in [3.8, 4) is 0 Å². The third-order valence-electron chi connectivity index (χ3n) is 5.40. The van der Waals surface area contributed by atoms with Crippen LogP contribution < -0.4 is 0 Å². The lowest BCUT2D eigenvalue weighted by Crippen LogP contribution is -2.44. The first-order chi connectivity index (χ1) is 16.7. The Kier molecular flexibility index (Phi) is 8.13. The molecule has 0 saturated heterocycles. The normalized spacial score (nSPS) is 17.1. The maximum Gasteiger partial charge on any atom is 0.421 e. The van der Waals surface area contributed by atoms with Crippen LogP contribution in [0.5, 0.6) is 0 Å². The van der Waals surface area contributed by atoms with Crippen molar-refractivity contribution in [3.05, 3.63) is 68.4 Å². The monoisotopic (exact) mass is 612 g/mol. The number of aliphatic hydroxyl groups is 1. The molecule has 3 rings (SSSR count). The SMILES string of the molecule is Cc1cc(C(=O)CC(O)(c2cc(Cl)c(F)c(Cl)c2)C(F)(F)F)ccc1C(=O)N(C=O)C1CC(Br)=NO1. The smallest absolute Gasteiger partial charge is 0.376 e. The second-order valence-electron chi connectivity index (χ2n) is 7.79. The molecule has 0 bridgehead atoms. The molecule has 0 fully saturated rings. The zero-order valence-corrected chi connectivity index (χ0v) is 21.2. The van der Waals surface area contributed by atoms with Crippen molar-refractivity contribution < 1.29 is 41.9 Å². The van der Waals surface area contributed by atoms with Crippen LogP contribution in [0.4, 0.5) is 17.6 Å². The topological polar surface area (TPSA) is 96.3 Å². The number of aryl methyl sites for hydroxylation is 1. The van der Waals surface area contributed by atoms with Crippen molar-refractivity contribution in [1.82, 2.24) is 4.90 Å². The van der Waals surface area contributed by atoms with E-state index in [4.69, 9.17) is 28.0 Å².